The second-order valence-corrected chi connectivity index (χ2v) is 8.35. The van der Waals surface area contributed by atoms with Crippen molar-refractivity contribution in [3.05, 3.63) is 29.8 Å². The quantitative estimate of drug-likeness (QED) is 0.158. The van der Waals surface area contributed by atoms with Crippen LogP contribution in [-0.2, 0) is 30.4 Å². The Morgan fingerprint density at radius 2 is 1.50 bits per heavy atom. The molecule has 0 aliphatic rings. The smallest absolute Gasteiger partial charge is 0.326 e. The Balaban J connectivity index is 3.04. The van der Waals surface area contributed by atoms with Gasteiger partial charge < -0.3 is 37.0 Å². The zero-order valence-electron chi connectivity index (χ0n) is 18.7. The lowest BCUT2D eigenvalue weighted by Crippen LogP contribution is -2.56. The molecule has 13 heteroatoms. The highest BCUT2D eigenvalue weighted by Gasteiger charge is 2.30. The van der Waals surface area contributed by atoms with E-state index in [2.05, 4.69) is 16.0 Å². The van der Waals surface area contributed by atoms with Gasteiger partial charge in [0.25, 0.3) is 0 Å². The summed E-state index contributed by atoms with van der Waals surface area (Å²) in [6, 6.07) is 2.17. The molecule has 188 valence electrons. The van der Waals surface area contributed by atoms with E-state index in [9.17, 15) is 34.2 Å². The molecule has 0 aliphatic heterocycles. The number of thioether (sulfide) groups is 1. The molecule has 12 nitrogen and oxygen atoms in total. The van der Waals surface area contributed by atoms with Crippen LogP contribution in [0.15, 0.2) is 24.3 Å². The molecule has 0 bridgehead atoms. The summed E-state index contributed by atoms with van der Waals surface area (Å²) in [5.41, 5.74) is 5.91. The Kier molecular flexibility index (Phi) is 12.5. The molecule has 0 radical (unpaired) electrons. The van der Waals surface area contributed by atoms with E-state index in [1.807, 2.05) is 0 Å². The Labute approximate surface area is 200 Å². The SMILES string of the molecule is CSCCC(NC(=O)C(CCC(=O)O)NC(=O)C(Cc1ccc(O)cc1)NC(=O)CN)C(=O)O. The number of amides is 3. The van der Waals surface area contributed by atoms with Gasteiger partial charge in [0.05, 0.1) is 6.54 Å². The summed E-state index contributed by atoms with van der Waals surface area (Å²) in [7, 11) is 0. The van der Waals surface area contributed by atoms with Gasteiger partial charge in [0, 0.05) is 12.8 Å². The molecule has 3 unspecified atom stereocenters. The topological polar surface area (TPSA) is 208 Å². The van der Waals surface area contributed by atoms with E-state index in [0.717, 1.165) is 0 Å². The van der Waals surface area contributed by atoms with Crippen molar-refractivity contribution in [1.82, 2.24) is 16.0 Å². The van der Waals surface area contributed by atoms with Crippen molar-refractivity contribution in [3.63, 3.8) is 0 Å². The number of rotatable bonds is 15. The highest BCUT2D eigenvalue weighted by molar-refractivity contribution is 7.98. The lowest BCUT2D eigenvalue weighted by Gasteiger charge is -2.24. The number of carbonyl (C=O) groups excluding carboxylic acids is 3. The second kappa shape index (κ2) is 14.8. The van der Waals surface area contributed by atoms with Crippen molar-refractivity contribution in [1.29, 1.82) is 0 Å². The maximum atomic E-state index is 13.0. The molecular weight excluding hydrogens is 468 g/mol. The largest absolute Gasteiger partial charge is 0.508 e. The van der Waals surface area contributed by atoms with Crippen molar-refractivity contribution in [2.45, 2.75) is 43.8 Å². The van der Waals surface area contributed by atoms with Crippen LogP contribution >= 0.6 is 11.8 Å². The number of nitrogens with two attached hydrogens (primary N) is 1. The number of aromatic hydroxyl groups is 1. The predicted octanol–water partition coefficient (Wildman–Crippen LogP) is -0.950. The maximum Gasteiger partial charge on any atom is 0.326 e. The number of hydrogen-bond donors (Lipinski definition) is 7. The van der Waals surface area contributed by atoms with E-state index >= 15 is 0 Å². The third kappa shape index (κ3) is 10.5. The Morgan fingerprint density at radius 1 is 0.912 bits per heavy atom. The molecule has 0 aliphatic carbocycles. The summed E-state index contributed by atoms with van der Waals surface area (Å²) in [6.07, 6.45) is 1.16. The number of carbonyl (C=O) groups is 5. The van der Waals surface area contributed by atoms with Crippen molar-refractivity contribution < 1.29 is 39.3 Å². The summed E-state index contributed by atoms with van der Waals surface area (Å²) >= 11 is 1.39. The highest BCUT2D eigenvalue weighted by atomic mass is 32.2. The molecule has 0 aromatic heterocycles. The first-order valence-electron chi connectivity index (χ1n) is 10.4. The van der Waals surface area contributed by atoms with Crippen molar-refractivity contribution in [2.75, 3.05) is 18.6 Å². The van der Waals surface area contributed by atoms with Crippen LogP contribution in [0.5, 0.6) is 5.75 Å². The van der Waals surface area contributed by atoms with E-state index < -0.39 is 60.8 Å². The van der Waals surface area contributed by atoms with Crippen molar-refractivity contribution in [3.8, 4) is 5.75 Å². The lowest BCUT2D eigenvalue weighted by atomic mass is 10.0. The zero-order valence-corrected chi connectivity index (χ0v) is 19.5. The fraction of sp³-hybridized carbons (Fsp3) is 0.476. The average Bonchev–Trinajstić information content (AvgIpc) is 2.79. The van der Waals surface area contributed by atoms with Gasteiger partial charge in [0.15, 0.2) is 0 Å². The standard InChI is InChI=1S/C21H30N4O8S/c1-34-9-8-15(21(32)33)25-19(30)14(6-7-18(28)29)24-20(31)16(23-17(27)11-22)10-12-2-4-13(26)5-3-12/h2-5,14-16,26H,6-11,22H2,1H3,(H,23,27)(H,24,31)(H,25,30)(H,28,29)(H,32,33). The van der Waals surface area contributed by atoms with Crippen LogP contribution in [0.1, 0.15) is 24.8 Å². The number of phenolic OH excluding ortho intramolecular Hbond substituents is 1. The molecule has 1 rings (SSSR count). The minimum absolute atomic E-state index is 0.00338. The minimum atomic E-state index is -1.35. The number of benzene rings is 1. The fourth-order valence-corrected chi connectivity index (χ4v) is 3.38. The monoisotopic (exact) mass is 498 g/mol. The first-order chi connectivity index (χ1) is 16.1. The average molecular weight is 499 g/mol. The molecule has 3 amide bonds. The molecule has 0 spiro atoms. The van der Waals surface area contributed by atoms with E-state index in [1.54, 1.807) is 18.4 Å². The number of phenols is 1. The van der Waals surface area contributed by atoms with E-state index in [-0.39, 0.29) is 25.0 Å². The van der Waals surface area contributed by atoms with Crippen LogP contribution in [-0.4, -0.2) is 81.7 Å². The number of nitrogens with one attached hydrogen (secondary N) is 3. The van der Waals surface area contributed by atoms with E-state index in [0.29, 0.717) is 11.3 Å². The minimum Gasteiger partial charge on any atom is -0.508 e. The third-order valence-corrected chi connectivity index (χ3v) is 5.36. The van der Waals surface area contributed by atoms with Crippen LogP contribution in [0.4, 0.5) is 0 Å². The molecule has 0 saturated heterocycles. The summed E-state index contributed by atoms with van der Waals surface area (Å²) in [5, 5.41) is 35.0. The molecule has 0 fully saturated rings. The van der Waals surface area contributed by atoms with Crippen LogP contribution in [0.3, 0.4) is 0 Å². The summed E-state index contributed by atoms with van der Waals surface area (Å²) in [4.78, 5) is 60.0. The first kappa shape index (κ1) is 28.7. The van der Waals surface area contributed by atoms with Gasteiger partial charge in [0.1, 0.15) is 23.9 Å². The molecule has 8 N–H and O–H groups in total. The first-order valence-corrected chi connectivity index (χ1v) is 11.8. The third-order valence-electron chi connectivity index (χ3n) is 4.72. The summed E-state index contributed by atoms with van der Waals surface area (Å²) in [5.74, 6) is -4.26. The van der Waals surface area contributed by atoms with Gasteiger partial charge in [0.2, 0.25) is 17.7 Å². The summed E-state index contributed by atoms with van der Waals surface area (Å²) in [6.45, 7) is -0.391. The second-order valence-electron chi connectivity index (χ2n) is 7.37. The number of hydrogen-bond acceptors (Lipinski definition) is 8. The molecule has 1 aromatic rings. The molecular formula is C21H30N4O8S. The number of carboxylic acid groups (broad SMARTS) is 2. The van der Waals surface area contributed by atoms with E-state index in [1.165, 1.54) is 23.9 Å². The van der Waals surface area contributed by atoms with Gasteiger partial charge in [-0.3, -0.25) is 19.2 Å². The van der Waals surface area contributed by atoms with Crippen LogP contribution < -0.4 is 21.7 Å². The lowest BCUT2D eigenvalue weighted by molar-refractivity contribution is -0.143. The molecule has 3 atom stereocenters. The Morgan fingerprint density at radius 3 is 2.03 bits per heavy atom. The molecule has 1 aromatic carbocycles. The van der Waals surface area contributed by atoms with Gasteiger partial charge in [-0.05, 0) is 42.5 Å². The predicted molar refractivity (Wildman–Crippen MR) is 124 cm³/mol. The van der Waals surface area contributed by atoms with Crippen LogP contribution in [0, 0.1) is 0 Å². The Hall–Kier alpha value is -3.32. The van der Waals surface area contributed by atoms with Crippen LogP contribution in [0.25, 0.3) is 0 Å². The van der Waals surface area contributed by atoms with Gasteiger partial charge in [-0.1, -0.05) is 12.1 Å². The van der Waals surface area contributed by atoms with Crippen LogP contribution in [0.2, 0.25) is 0 Å². The zero-order chi connectivity index (χ0) is 25.7. The highest BCUT2D eigenvalue weighted by Crippen LogP contribution is 2.12. The van der Waals surface area contributed by atoms with Crippen molar-refractivity contribution >= 4 is 41.4 Å². The Bertz CT molecular complexity index is 865. The molecule has 34 heavy (non-hydrogen) atoms. The number of aliphatic carboxylic acids is 2. The maximum absolute atomic E-state index is 13.0. The van der Waals surface area contributed by atoms with Gasteiger partial charge >= 0.3 is 11.9 Å². The normalized spacial score (nSPS) is 13.2. The molecule has 0 saturated carbocycles. The summed E-state index contributed by atoms with van der Waals surface area (Å²) < 4.78 is 0. The van der Waals surface area contributed by atoms with Gasteiger partial charge in [-0.2, -0.15) is 11.8 Å². The number of carboxylic acids is 2. The van der Waals surface area contributed by atoms with Gasteiger partial charge in [-0.15, -0.1) is 0 Å². The van der Waals surface area contributed by atoms with Crippen molar-refractivity contribution in [2.24, 2.45) is 5.73 Å². The molecule has 0 heterocycles. The fourth-order valence-electron chi connectivity index (χ4n) is 2.90. The van der Waals surface area contributed by atoms with E-state index in [4.69, 9.17) is 10.8 Å². The van der Waals surface area contributed by atoms with Gasteiger partial charge in [-0.25, -0.2) is 4.79 Å².